The molecule has 9 nitrogen and oxygen atoms in total. The Morgan fingerprint density at radius 3 is 2.51 bits per heavy atom. The minimum Gasteiger partial charge on any atom is -0.489 e. The molecule has 0 radical (unpaired) electrons. The molecular weight excluding hydrogens is 472 g/mol. The van der Waals surface area contributed by atoms with Crippen LogP contribution >= 0.6 is 0 Å². The molecule has 4 heterocycles. The highest BCUT2D eigenvalue weighted by Gasteiger charge is 2.43. The lowest BCUT2D eigenvalue weighted by Gasteiger charge is -2.48. The van der Waals surface area contributed by atoms with Crippen LogP contribution in [0, 0.1) is 5.92 Å². The Balaban J connectivity index is 1.08. The summed E-state index contributed by atoms with van der Waals surface area (Å²) in [5, 5.41) is 2.35. The summed E-state index contributed by atoms with van der Waals surface area (Å²) in [4.78, 5) is 55.8. The van der Waals surface area contributed by atoms with Crippen molar-refractivity contribution in [3.05, 3.63) is 29.3 Å². The van der Waals surface area contributed by atoms with Gasteiger partial charge in [0.05, 0.1) is 5.92 Å². The number of imide groups is 1. The highest BCUT2D eigenvalue weighted by Crippen LogP contribution is 2.35. The molecule has 5 aliphatic rings. The van der Waals surface area contributed by atoms with E-state index < -0.39 is 11.9 Å². The molecule has 0 spiro atoms. The van der Waals surface area contributed by atoms with E-state index in [0.29, 0.717) is 30.5 Å². The minimum absolute atomic E-state index is 0.0566. The van der Waals surface area contributed by atoms with Crippen LogP contribution < -0.4 is 10.1 Å². The van der Waals surface area contributed by atoms with Gasteiger partial charge >= 0.3 is 0 Å². The fourth-order valence-corrected chi connectivity index (χ4v) is 6.74. The number of rotatable bonds is 5. The minimum atomic E-state index is -0.614. The number of benzene rings is 1. The summed E-state index contributed by atoms with van der Waals surface area (Å²) >= 11 is 0. The molecule has 9 heteroatoms. The Morgan fingerprint density at radius 1 is 0.946 bits per heavy atom. The van der Waals surface area contributed by atoms with Crippen LogP contribution in [0.4, 0.5) is 0 Å². The maximum absolute atomic E-state index is 13.0. The number of carbonyl (C=O) groups excluding carboxylic acids is 4. The Kier molecular flexibility index (Phi) is 6.65. The summed E-state index contributed by atoms with van der Waals surface area (Å²) in [7, 11) is 0. The maximum atomic E-state index is 13.0. The number of piperidine rings is 2. The van der Waals surface area contributed by atoms with Crippen molar-refractivity contribution in [2.75, 3.05) is 26.2 Å². The van der Waals surface area contributed by atoms with Crippen molar-refractivity contribution in [2.45, 2.75) is 82.5 Å². The molecule has 1 aromatic carbocycles. The van der Waals surface area contributed by atoms with E-state index in [1.807, 2.05) is 12.1 Å². The van der Waals surface area contributed by atoms with Crippen LogP contribution in [0.25, 0.3) is 0 Å². The van der Waals surface area contributed by atoms with E-state index in [2.05, 4.69) is 15.1 Å². The first-order valence-corrected chi connectivity index (χ1v) is 13.9. The average Bonchev–Trinajstić information content (AvgIpc) is 3.20. The quantitative estimate of drug-likeness (QED) is 0.612. The molecule has 1 aromatic rings. The fraction of sp³-hybridized carbons (Fsp3) is 0.643. The third kappa shape index (κ3) is 4.74. The second-order valence-corrected chi connectivity index (χ2v) is 11.3. The van der Waals surface area contributed by atoms with E-state index in [9.17, 15) is 19.2 Å². The third-order valence-corrected chi connectivity index (χ3v) is 8.85. The van der Waals surface area contributed by atoms with E-state index in [1.54, 1.807) is 11.0 Å². The lowest BCUT2D eigenvalue weighted by atomic mass is 9.86. The number of fused-ring (bicyclic) bond motifs is 1. The van der Waals surface area contributed by atoms with Crippen molar-refractivity contribution in [1.29, 1.82) is 0 Å². The van der Waals surface area contributed by atoms with Gasteiger partial charge in [0.15, 0.2) is 0 Å². The monoisotopic (exact) mass is 508 g/mol. The fourth-order valence-electron chi connectivity index (χ4n) is 6.74. The molecule has 1 unspecified atom stereocenters. The van der Waals surface area contributed by atoms with E-state index >= 15 is 0 Å². The number of ether oxygens (including phenoxy) is 1. The molecule has 6 rings (SSSR count). The van der Waals surface area contributed by atoms with Crippen molar-refractivity contribution < 1.29 is 23.9 Å². The molecule has 3 saturated heterocycles. The summed E-state index contributed by atoms with van der Waals surface area (Å²) in [6.07, 6.45) is 8.48. The first-order chi connectivity index (χ1) is 18.0. The Labute approximate surface area is 217 Å². The third-order valence-electron chi connectivity index (χ3n) is 8.85. The molecule has 0 aromatic heterocycles. The molecule has 1 aliphatic carbocycles. The Bertz CT molecular complexity index is 1090. The van der Waals surface area contributed by atoms with Gasteiger partial charge in [-0.05, 0) is 68.7 Å². The van der Waals surface area contributed by atoms with Crippen molar-refractivity contribution in [3.8, 4) is 5.75 Å². The van der Waals surface area contributed by atoms with Gasteiger partial charge in [0, 0.05) is 50.7 Å². The molecule has 0 bridgehead atoms. The average molecular weight is 509 g/mol. The summed E-state index contributed by atoms with van der Waals surface area (Å²) in [5.41, 5.74) is 1.45. The van der Waals surface area contributed by atoms with Gasteiger partial charge < -0.3 is 14.5 Å². The van der Waals surface area contributed by atoms with E-state index in [0.717, 1.165) is 69.6 Å². The van der Waals surface area contributed by atoms with E-state index in [-0.39, 0.29) is 30.3 Å². The van der Waals surface area contributed by atoms with Crippen LogP contribution in [-0.2, 0) is 20.9 Å². The van der Waals surface area contributed by atoms with Crippen molar-refractivity contribution in [2.24, 2.45) is 5.92 Å². The maximum Gasteiger partial charge on any atom is 0.255 e. The van der Waals surface area contributed by atoms with Crippen molar-refractivity contribution in [3.63, 3.8) is 0 Å². The molecule has 4 aliphatic heterocycles. The van der Waals surface area contributed by atoms with Gasteiger partial charge in [-0.1, -0.05) is 6.42 Å². The summed E-state index contributed by atoms with van der Waals surface area (Å²) in [5.74, 6) is 0.336. The molecule has 4 amide bonds. The normalized spacial score (nSPS) is 29.1. The topological polar surface area (TPSA) is 99.3 Å². The van der Waals surface area contributed by atoms with Gasteiger partial charge in [-0.3, -0.25) is 29.4 Å². The van der Waals surface area contributed by atoms with Crippen molar-refractivity contribution >= 4 is 23.6 Å². The first kappa shape index (κ1) is 24.4. The predicted octanol–water partition coefficient (Wildman–Crippen LogP) is 2.08. The van der Waals surface area contributed by atoms with E-state index in [4.69, 9.17) is 4.74 Å². The van der Waals surface area contributed by atoms with Gasteiger partial charge in [0.1, 0.15) is 17.9 Å². The van der Waals surface area contributed by atoms with Crippen LogP contribution in [-0.4, -0.2) is 82.7 Å². The number of nitrogens with zero attached hydrogens (tertiary/aromatic N) is 3. The number of nitrogens with one attached hydrogen (secondary N) is 1. The van der Waals surface area contributed by atoms with Crippen LogP contribution in [0.5, 0.6) is 5.75 Å². The van der Waals surface area contributed by atoms with Gasteiger partial charge in [0.2, 0.25) is 17.7 Å². The zero-order valence-electron chi connectivity index (χ0n) is 21.3. The number of likely N-dealkylation sites (tertiary alicyclic amines) is 2. The van der Waals surface area contributed by atoms with Crippen LogP contribution in [0.1, 0.15) is 73.7 Å². The number of carbonyl (C=O) groups is 4. The smallest absolute Gasteiger partial charge is 0.255 e. The number of hydrogen-bond donors (Lipinski definition) is 1. The number of hydrogen-bond acceptors (Lipinski definition) is 6. The van der Waals surface area contributed by atoms with Crippen LogP contribution in [0.2, 0.25) is 0 Å². The zero-order chi connectivity index (χ0) is 25.5. The molecule has 37 heavy (non-hydrogen) atoms. The van der Waals surface area contributed by atoms with Gasteiger partial charge in [-0.15, -0.1) is 0 Å². The zero-order valence-corrected chi connectivity index (χ0v) is 21.3. The second-order valence-electron chi connectivity index (χ2n) is 11.3. The molecule has 3 atom stereocenters. The molecule has 198 valence electrons. The molecule has 4 fully saturated rings. The standard InChI is InChI=1S/C28H36N4O5/c33-25-11-10-23(26(34)29-25)32-17-18-14-20(8-9-21(18)28(32)36)37-24-7-3-2-6-22(24)31-15-19(16-31)27(35)30-12-4-1-5-13-30/h8-9,14,19,22-24H,1-7,10-13,15-17H2,(H,29,33,34)/t22-,23?,24-/m1/s1. The summed E-state index contributed by atoms with van der Waals surface area (Å²) in [6, 6.07) is 5.28. The lowest BCUT2D eigenvalue weighted by molar-refractivity contribution is -0.145. The van der Waals surface area contributed by atoms with Gasteiger partial charge in [0.25, 0.3) is 5.91 Å². The largest absolute Gasteiger partial charge is 0.489 e. The van der Waals surface area contributed by atoms with Crippen LogP contribution in [0.3, 0.4) is 0 Å². The highest BCUT2D eigenvalue weighted by atomic mass is 16.5. The Morgan fingerprint density at radius 2 is 1.73 bits per heavy atom. The molecular formula is C28H36N4O5. The second kappa shape index (κ2) is 10.1. The van der Waals surface area contributed by atoms with Gasteiger partial charge in [-0.2, -0.15) is 0 Å². The molecule has 1 N–H and O–H groups in total. The van der Waals surface area contributed by atoms with Crippen molar-refractivity contribution in [1.82, 2.24) is 20.0 Å². The lowest BCUT2D eigenvalue weighted by Crippen LogP contribution is -2.61. The van der Waals surface area contributed by atoms with Crippen LogP contribution in [0.15, 0.2) is 18.2 Å². The highest BCUT2D eigenvalue weighted by molar-refractivity contribution is 6.05. The summed E-state index contributed by atoms with van der Waals surface area (Å²) < 4.78 is 6.52. The van der Waals surface area contributed by atoms with Gasteiger partial charge in [-0.25, -0.2) is 0 Å². The summed E-state index contributed by atoms with van der Waals surface area (Å²) in [6.45, 7) is 3.80. The van der Waals surface area contributed by atoms with E-state index in [1.165, 1.54) is 12.8 Å². The SMILES string of the molecule is O=C1CCC(N2Cc3cc(O[C@@H]4CCCC[C@H]4N4CC(C(=O)N5CCCCC5)C4)ccc3C2=O)C(=O)N1. The predicted molar refractivity (Wildman–Crippen MR) is 135 cm³/mol. The molecule has 1 saturated carbocycles. The first-order valence-electron chi connectivity index (χ1n) is 13.9. The Hall–Kier alpha value is -2.94. The number of amides is 4.